The average molecular weight is 394 g/mol. The monoisotopic (exact) mass is 393 g/mol. The number of hydrogen-bond acceptors (Lipinski definition) is 1. The molecule has 0 aliphatic rings. The highest BCUT2D eigenvalue weighted by atomic mass is 127. The molecule has 0 aliphatic carbocycles. The summed E-state index contributed by atoms with van der Waals surface area (Å²) >= 11 is 5.41. The summed E-state index contributed by atoms with van der Waals surface area (Å²) in [7, 11) is 0. The molecule has 0 bridgehead atoms. The van der Waals surface area contributed by atoms with Gasteiger partial charge in [-0.25, -0.2) is 0 Å². The molecule has 1 aromatic carbocycles. The van der Waals surface area contributed by atoms with E-state index in [0.29, 0.717) is 0 Å². The Morgan fingerprint density at radius 3 is 2.60 bits per heavy atom. The van der Waals surface area contributed by atoms with E-state index in [1.54, 1.807) is 0 Å². The predicted molar refractivity (Wildman–Crippen MR) is 64.6 cm³/mol. The van der Waals surface area contributed by atoms with E-state index in [-0.39, 0.29) is 6.54 Å². The van der Waals surface area contributed by atoms with Crippen LogP contribution >= 0.6 is 38.5 Å². The second-order valence-electron chi connectivity index (χ2n) is 2.95. The van der Waals surface area contributed by atoms with E-state index in [1.807, 2.05) is 18.2 Å². The standard InChI is InChI=1S/C9H8BrF3IN/c10-8-2-1-7(14)3-6(8)4-15-5-9(11,12)13/h1-3,15H,4-5H2. The summed E-state index contributed by atoms with van der Waals surface area (Å²) < 4.78 is 37.4. The summed E-state index contributed by atoms with van der Waals surface area (Å²) in [6.45, 7) is -0.762. The first-order valence-corrected chi connectivity index (χ1v) is 5.97. The fraction of sp³-hybridized carbons (Fsp3) is 0.333. The molecule has 0 amide bonds. The van der Waals surface area contributed by atoms with Gasteiger partial charge >= 0.3 is 6.18 Å². The van der Waals surface area contributed by atoms with Crippen molar-refractivity contribution in [2.75, 3.05) is 6.54 Å². The zero-order chi connectivity index (χ0) is 11.5. The Morgan fingerprint density at radius 1 is 1.33 bits per heavy atom. The molecule has 1 nitrogen and oxygen atoms in total. The van der Waals surface area contributed by atoms with Gasteiger partial charge in [-0.15, -0.1) is 0 Å². The first-order chi connectivity index (χ1) is 6.88. The van der Waals surface area contributed by atoms with Gasteiger partial charge in [-0.1, -0.05) is 15.9 Å². The molecule has 0 radical (unpaired) electrons. The molecule has 0 spiro atoms. The van der Waals surface area contributed by atoms with E-state index in [1.165, 1.54) is 0 Å². The van der Waals surface area contributed by atoms with Crippen molar-refractivity contribution in [2.24, 2.45) is 0 Å². The molecule has 1 aromatic rings. The van der Waals surface area contributed by atoms with Gasteiger partial charge in [0.05, 0.1) is 6.54 Å². The quantitative estimate of drug-likeness (QED) is 0.772. The highest BCUT2D eigenvalue weighted by Gasteiger charge is 2.26. The van der Waals surface area contributed by atoms with Crippen LogP contribution in [0.3, 0.4) is 0 Å². The van der Waals surface area contributed by atoms with Crippen molar-refractivity contribution in [2.45, 2.75) is 12.7 Å². The normalized spacial score (nSPS) is 11.8. The minimum absolute atomic E-state index is 0.205. The van der Waals surface area contributed by atoms with Crippen molar-refractivity contribution in [1.29, 1.82) is 0 Å². The smallest absolute Gasteiger partial charge is 0.305 e. The van der Waals surface area contributed by atoms with Gasteiger partial charge in [0.15, 0.2) is 0 Å². The third-order valence-electron chi connectivity index (χ3n) is 1.65. The molecule has 6 heteroatoms. The van der Waals surface area contributed by atoms with Crippen LogP contribution in [0.25, 0.3) is 0 Å². The summed E-state index contributed by atoms with van der Waals surface area (Å²) in [6, 6.07) is 5.55. The van der Waals surface area contributed by atoms with Crippen molar-refractivity contribution in [3.8, 4) is 0 Å². The highest BCUT2D eigenvalue weighted by Crippen LogP contribution is 2.20. The molecule has 1 N–H and O–H groups in total. The molecule has 15 heavy (non-hydrogen) atoms. The molecule has 1 rings (SSSR count). The van der Waals surface area contributed by atoms with Crippen LogP contribution in [0.5, 0.6) is 0 Å². The lowest BCUT2D eigenvalue weighted by Crippen LogP contribution is -2.28. The van der Waals surface area contributed by atoms with Crippen LogP contribution in [0, 0.1) is 3.57 Å². The maximum atomic E-state index is 11.9. The maximum absolute atomic E-state index is 11.9. The van der Waals surface area contributed by atoms with Gasteiger partial charge in [0.25, 0.3) is 0 Å². The topological polar surface area (TPSA) is 12.0 Å². The Labute approximate surface area is 108 Å². The molecular weight excluding hydrogens is 386 g/mol. The largest absolute Gasteiger partial charge is 0.401 e. The summed E-state index contributed by atoms with van der Waals surface area (Å²) in [4.78, 5) is 0. The number of halogens is 5. The molecule has 0 aromatic heterocycles. The van der Waals surface area contributed by atoms with E-state index >= 15 is 0 Å². The third kappa shape index (κ3) is 5.17. The number of rotatable bonds is 3. The van der Waals surface area contributed by atoms with Crippen molar-refractivity contribution in [1.82, 2.24) is 5.32 Å². The molecule has 84 valence electrons. The number of alkyl halides is 3. The summed E-state index contributed by atoms with van der Waals surface area (Å²) in [5.41, 5.74) is 0.825. The maximum Gasteiger partial charge on any atom is 0.401 e. The lowest BCUT2D eigenvalue weighted by Gasteiger charge is -2.09. The van der Waals surface area contributed by atoms with Crippen LogP contribution in [0.1, 0.15) is 5.56 Å². The molecule has 0 saturated heterocycles. The van der Waals surface area contributed by atoms with E-state index < -0.39 is 12.7 Å². The lowest BCUT2D eigenvalue weighted by atomic mass is 10.2. The van der Waals surface area contributed by atoms with Gasteiger partial charge in [-0.3, -0.25) is 0 Å². The van der Waals surface area contributed by atoms with Gasteiger partial charge in [0.1, 0.15) is 0 Å². The van der Waals surface area contributed by atoms with Crippen molar-refractivity contribution in [3.05, 3.63) is 31.8 Å². The van der Waals surface area contributed by atoms with Crippen LogP contribution in [-0.2, 0) is 6.54 Å². The zero-order valence-corrected chi connectivity index (χ0v) is 11.3. The van der Waals surface area contributed by atoms with Gasteiger partial charge in [-0.2, -0.15) is 13.2 Å². The van der Waals surface area contributed by atoms with Crippen molar-refractivity contribution >= 4 is 38.5 Å². The fourth-order valence-corrected chi connectivity index (χ4v) is 1.96. The third-order valence-corrected chi connectivity index (χ3v) is 3.09. The Balaban J connectivity index is 2.54. The molecule has 0 heterocycles. The number of nitrogens with one attached hydrogen (secondary N) is 1. The molecular formula is C9H8BrF3IN. The van der Waals surface area contributed by atoms with Crippen LogP contribution in [0.4, 0.5) is 13.2 Å². The predicted octanol–water partition coefficient (Wildman–Crippen LogP) is 3.71. The minimum Gasteiger partial charge on any atom is -0.305 e. The minimum atomic E-state index is -4.16. The van der Waals surface area contributed by atoms with Crippen LogP contribution in [0.2, 0.25) is 0 Å². The Kier molecular flexibility index (Phi) is 4.85. The van der Waals surface area contributed by atoms with Crippen LogP contribution in [0.15, 0.2) is 22.7 Å². The van der Waals surface area contributed by atoms with E-state index in [9.17, 15) is 13.2 Å². The Bertz CT molecular complexity index is 341. The fourth-order valence-electron chi connectivity index (χ4n) is 1.02. The molecule has 0 atom stereocenters. The zero-order valence-electron chi connectivity index (χ0n) is 7.54. The molecule has 0 saturated carbocycles. The SMILES string of the molecule is FC(F)(F)CNCc1cc(I)ccc1Br. The number of benzene rings is 1. The number of hydrogen-bond donors (Lipinski definition) is 1. The van der Waals surface area contributed by atoms with Crippen molar-refractivity contribution < 1.29 is 13.2 Å². The molecule has 0 aliphatic heterocycles. The van der Waals surface area contributed by atoms with Gasteiger partial charge in [0.2, 0.25) is 0 Å². The summed E-state index contributed by atoms with van der Waals surface area (Å²) in [6.07, 6.45) is -4.16. The first-order valence-electron chi connectivity index (χ1n) is 4.10. The Hall–Kier alpha value is 0.180. The summed E-state index contributed by atoms with van der Waals surface area (Å²) in [5.74, 6) is 0. The van der Waals surface area contributed by atoms with Gasteiger partial charge in [-0.05, 0) is 46.4 Å². The molecule has 0 unspecified atom stereocenters. The van der Waals surface area contributed by atoms with Crippen LogP contribution < -0.4 is 5.32 Å². The van der Waals surface area contributed by atoms with Gasteiger partial charge < -0.3 is 5.32 Å². The molecule has 0 fully saturated rings. The second kappa shape index (κ2) is 5.49. The van der Waals surface area contributed by atoms with Gasteiger partial charge in [0, 0.05) is 14.6 Å². The van der Waals surface area contributed by atoms with E-state index in [2.05, 4.69) is 43.8 Å². The highest BCUT2D eigenvalue weighted by molar-refractivity contribution is 14.1. The van der Waals surface area contributed by atoms with E-state index in [4.69, 9.17) is 0 Å². The second-order valence-corrected chi connectivity index (χ2v) is 5.05. The van der Waals surface area contributed by atoms with Crippen molar-refractivity contribution in [3.63, 3.8) is 0 Å². The average Bonchev–Trinajstić information content (AvgIpc) is 2.09. The lowest BCUT2D eigenvalue weighted by molar-refractivity contribution is -0.125. The first kappa shape index (κ1) is 13.2. The summed E-state index contributed by atoms with van der Waals surface area (Å²) in [5, 5.41) is 2.35. The van der Waals surface area contributed by atoms with Crippen LogP contribution in [-0.4, -0.2) is 12.7 Å². The Morgan fingerprint density at radius 2 is 2.00 bits per heavy atom. The van der Waals surface area contributed by atoms with E-state index in [0.717, 1.165) is 13.6 Å².